The minimum Gasteiger partial charge on any atom is -0.339 e. The predicted molar refractivity (Wildman–Crippen MR) is 99.8 cm³/mol. The Morgan fingerprint density at radius 2 is 1.88 bits per heavy atom. The first-order chi connectivity index (χ1) is 11.9. The third-order valence-corrected chi connectivity index (χ3v) is 5.91. The number of aromatic nitrogens is 2. The number of carbonyl (C=O) groups is 1. The summed E-state index contributed by atoms with van der Waals surface area (Å²) in [6.07, 6.45) is 1.38. The molecule has 0 saturated carbocycles. The number of rotatable bonds is 4. The highest BCUT2D eigenvalue weighted by Gasteiger charge is 2.22. The minimum absolute atomic E-state index is 0.0369. The predicted octanol–water partition coefficient (Wildman–Crippen LogP) is 0.715. The van der Waals surface area contributed by atoms with Crippen LogP contribution in [0.1, 0.15) is 4.88 Å². The molecular weight excluding hydrogens is 408 g/mol. The Balaban J connectivity index is 1.56. The summed E-state index contributed by atoms with van der Waals surface area (Å²) in [7, 11) is 1.41. The molecule has 0 N–H and O–H groups in total. The van der Waals surface area contributed by atoms with Crippen molar-refractivity contribution in [3.05, 3.63) is 53.9 Å². The van der Waals surface area contributed by atoms with Crippen LogP contribution in [0, 0.1) is 0 Å². The fourth-order valence-corrected chi connectivity index (χ4v) is 4.32. The summed E-state index contributed by atoms with van der Waals surface area (Å²) in [6.45, 7) is 3.76. The lowest BCUT2D eigenvalue weighted by atomic mass is 10.3. The SMILES string of the molecule is Cn1c(=O)ccn(CC(=O)N2CCN(Cc3ccc(Br)s3)CC2)c1=O. The highest BCUT2D eigenvalue weighted by Crippen LogP contribution is 2.23. The quantitative estimate of drug-likeness (QED) is 0.721. The van der Waals surface area contributed by atoms with E-state index in [-0.39, 0.29) is 18.0 Å². The number of piperazine rings is 1. The van der Waals surface area contributed by atoms with Crippen LogP contribution in [0.5, 0.6) is 0 Å². The average molecular weight is 427 g/mol. The summed E-state index contributed by atoms with van der Waals surface area (Å²) in [4.78, 5) is 41.3. The second kappa shape index (κ2) is 7.67. The van der Waals surface area contributed by atoms with Crippen LogP contribution in [-0.4, -0.2) is 51.0 Å². The molecule has 1 saturated heterocycles. The summed E-state index contributed by atoms with van der Waals surface area (Å²) in [5, 5.41) is 0. The molecule has 0 spiro atoms. The maximum atomic E-state index is 12.4. The third kappa shape index (κ3) is 4.28. The highest BCUT2D eigenvalue weighted by molar-refractivity contribution is 9.11. The van der Waals surface area contributed by atoms with E-state index in [1.165, 1.54) is 28.8 Å². The molecule has 0 bridgehead atoms. The van der Waals surface area contributed by atoms with Crippen molar-refractivity contribution in [3.63, 3.8) is 0 Å². The molecule has 7 nitrogen and oxygen atoms in total. The second-order valence-electron chi connectivity index (χ2n) is 5.99. The van der Waals surface area contributed by atoms with Crippen LogP contribution in [0.25, 0.3) is 0 Å². The van der Waals surface area contributed by atoms with Crippen LogP contribution in [0.3, 0.4) is 0 Å². The molecule has 1 aliphatic heterocycles. The van der Waals surface area contributed by atoms with Crippen molar-refractivity contribution in [3.8, 4) is 0 Å². The van der Waals surface area contributed by atoms with Crippen LogP contribution < -0.4 is 11.2 Å². The van der Waals surface area contributed by atoms with E-state index < -0.39 is 5.69 Å². The van der Waals surface area contributed by atoms with Gasteiger partial charge in [-0.15, -0.1) is 11.3 Å². The zero-order chi connectivity index (χ0) is 18.0. The lowest BCUT2D eigenvalue weighted by Crippen LogP contribution is -2.50. The van der Waals surface area contributed by atoms with Crippen molar-refractivity contribution >= 4 is 33.2 Å². The number of amides is 1. The molecule has 1 amide bonds. The summed E-state index contributed by atoms with van der Waals surface area (Å²) in [5.74, 6) is -0.0979. The normalized spacial score (nSPS) is 15.5. The molecule has 0 radical (unpaired) electrons. The minimum atomic E-state index is -0.470. The fourth-order valence-electron chi connectivity index (χ4n) is 2.79. The van der Waals surface area contributed by atoms with Crippen molar-refractivity contribution in [2.75, 3.05) is 26.2 Å². The highest BCUT2D eigenvalue weighted by atomic mass is 79.9. The maximum Gasteiger partial charge on any atom is 0.331 e. The van der Waals surface area contributed by atoms with Gasteiger partial charge in [-0.1, -0.05) is 0 Å². The van der Waals surface area contributed by atoms with Crippen LogP contribution in [0.2, 0.25) is 0 Å². The molecule has 0 aromatic carbocycles. The lowest BCUT2D eigenvalue weighted by Gasteiger charge is -2.34. The van der Waals surface area contributed by atoms with Gasteiger partial charge in [-0.25, -0.2) is 4.79 Å². The Bertz CT molecular complexity index is 880. The maximum absolute atomic E-state index is 12.4. The van der Waals surface area contributed by atoms with Gasteiger partial charge in [0, 0.05) is 56.9 Å². The molecule has 0 unspecified atom stereocenters. The van der Waals surface area contributed by atoms with Crippen molar-refractivity contribution in [2.45, 2.75) is 13.1 Å². The van der Waals surface area contributed by atoms with Crippen molar-refractivity contribution in [1.82, 2.24) is 18.9 Å². The Morgan fingerprint density at radius 3 is 2.52 bits per heavy atom. The first-order valence-corrected chi connectivity index (χ1v) is 9.56. The van der Waals surface area contributed by atoms with E-state index in [1.54, 1.807) is 16.2 Å². The lowest BCUT2D eigenvalue weighted by molar-refractivity contribution is -0.133. The van der Waals surface area contributed by atoms with E-state index in [4.69, 9.17) is 0 Å². The molecule has 1 fully saturated rings. The van der Waals surface area contributed by atoms with Crippen LogP contribution in [0.4, 0.5) is 0 Å². The van der Waals surface area contributed by atoms with E-state index in [1.807, 2.05) is 6.07 Å². The number of hydrogen-bond donors (Lipinski definition) is 0. The number of nitrogens with zero attached hydrogens (tertiary/aromatic N) is 4. The van der Waals surface area contributed by atoms with Gasteiger partial charge in [0.15, 0.2) is 0 Å². The zero-order valence-corrected chi connectivity index (χ0v) is 16.3. The van der Waals surface area contributed by atoms with Gasteiger partial charge < -0.3 is 4.90 Å². The fraction of sp³-hybridized carbons (Fsp3) is 0.438. The van der Waals surface area contributed by atoms with Crippen molar-refractivity contribution in [2.24, 2.45) is 7.05 Å². The van der Waals surface area contributed by atoms with E-state index >= 15 is 0 Å². The van der Waals surface area contributed by atoms with Crippen molar-refractivity contribution in [1.29, 1.82) is 0 Å². The largest absolute Gasteiger partial charge is 0.339 e. The summed E-state index contributed by atoms with van der Waals surface area (Å²) in [5.41, 5.74) is -0.842. The van der Waals surface area contributed by atoms with Crippen molar-refractivity contribution < 1.29 is 4.79 Å². The molecular formula is C16H19BrN4O3S. The number of hydrogen-bond acceptors (Lipinski definition) is 5. The molecule has 3 rings (SSSR count). The Morgan fingerprint density at radius 1 is 1.16 bits per heavy atom. The van der Waals surface area contributed by atoms with E-state index in [0.717, 1.165) is 28.0 Å². The number of carbonyl (C=O) groups excluding carboxylic acids is 1. The second-order valence-corrected chi connectivity index (χ2v) is 8.53. The first kappa shape index (κ1) is 18.1. The molecule has 9 heteroatoms. The molecule has 2 aromatic rings. The van der Waals surface area contributed by atoms with Crippen LogP contribution in [-0.2, 0) is 24.9 Å². The first-order valence-electron chi connectivity index (χ1n) is 7.95. The molecule has 0 atom stereocenters. The Kier molecular flexibility index (Phi) is 5.55. The molecule has 1 aliphatic rings. The monoisotopic (exact) mass is 426 g/mol. The summed E-state index contributed by atoms with van der Waals surface area (Å²) < 4.78 is 3.41. The standard InChI is InChI=1S/C16H19BrN4O3S/c1-18-14(22)4-5-21(16(18)24)11-15(23)20-8-6-19(7-9-20)10-12-2-3-13(17)25-12/h2-5H,6-11H2,1H3. The molecule has 25 heavy (non-hydrogen) atoms. The summed E-state index contributed by atoms with van der Waals surface area (Å²) in [6, 6.07) is 5.45. The number of halogens is 1. The third-order valence-electron chi connectivity index (χ3n) is 4.30. The molecule has 134 valence electrons. The van der Waals surface area contributed by atoms with Crippen LogP contribution >= 0.6 is 27.3 Å². The topological polar surface area (TPSA) is 67.6 Å². The van der Waals surface area contributed by atoms with Gasteiger partial charge in [-0.2, -0.15) is 0 Å². The number of thiophene rings is 1. The molecule has 2 aromatic heterocycles. The average Bonchev–Trinajstić information content (AvgIpc) is 3.01. The zero-order valence-electron chi connectivity index (χ0n) is 13.9. The van der Waals surface area contributed by atoms with Gasteiger partial charge in [0.05, 0.1) is 3.79 Å². The molecule has 0 aliphatic carbocycles. The smallest absolute Gasteiger partial charge is 0.331 e. The van der Waals surface area contributed by atoms with Gasteiger partial charge in [0.1, 0.15) is 6.54 Å². The Labute approximate surface area is 157 Å². The van der Waals surface area contributed by atoms with Gasteiger partial charge in [-0.3, -0.25) is 23.6 Å². The molecule has 3 heterocycles. The Hall–Kier alpha value is -1.71. The van der Waals surface area contributed by atoms with E-state index in [0.29, 0.717) is 13.1 Å². The van der Waals surface area contributed by atoms with E-state index in [2.05, 4.69) is 26.9 Å². The van der Waals surface area contributed by atoms with Gasteiger partial charge in [-0.05, 0) is 28.1 Å². The van der Waals surface area contributed by atoms with Crippen LogP contribution in [0.15, 0.2) is 37.8 Å². The van der Waals surface area contributed by atoms with Gasteiger partial charge >= 0.3 is 5.69 Å². The van der Waals surface area contributed by atoms with Gasteiger partial charge in [0.25, 0.3) is 5.56 Å². The summed E-state index contributed by atoms with van der Waals surface area (Å²) >= 11 is 5.19. The van der Waals surface area contributed by atoms with Gasteiger partial charge in [0.2, 0.25) is 5.91 Å². The van der Waals surface area contributed by atoms with E-state index in [9.17, 15) is 14.4 Å².